The smallest absolute Gasteiger partial charge is 0.123 e. The van der Waals surface area contributed by atoms with Crippen LogP contribution >= 0.6 is 0 Å². The standard InChI is InChI=1S/C15H22FN/c1-10-3-4-13(9-11(10)2)15(17)12-5-7-14(16)8-6-12/h5-8,10-11,13,15H,3-4,9,17H2,1-2H3. The molecule has 1 nitrogen and oxygen atoms in total. The first kappa shape index (κ1) is 12.6. The van der Waals surface area contributed by atoms with Crippen molar-refractivity contribution in [1.82, 2.24) is 0 Å². The molecule has 0 radical (unpaired) electrons. The molecule has 2 heteroatoms. The fourth-order valence-corrected chi connectivity index (χ4v) is 2.87. The molecule has 1 aromatic carbocycles. The summed E-state index contributed by atoms with van der Waals surface area (Å²) < 4.78 is 12.9. The minimum Gasteiger partial charge on any atom is -0.324 e. The van der Waals surface area contributed by atoms with E-state index in [-0.39, 0.29) is 11.9 Å². The van der Waals surface area contributed by atoms with Gasteiger partial charge < -0.3 is 5.73 Å². The van der Waals surface area contributed by atoms with Crippen LogP contribution in [-0.2, 0) is 0 Å². The fourth-order valence-electron chi connectivity index (χ4n) is 2.87. The van der Waals surface area contributed by atoms with Gasteiger partial charge in [0.15, 0.2) is 0 Å². The van der Waals surface area contributed by atoms with Crippen molar-refractivity contribution in [3.8, 4) is 0 Å². The second-order valence-electron chi connectivity index (χ2n) is 5.61. The van der Waals surface area contributed by atoms with Crippen LogP contribution in [0.4, 0.5) is 4.39 Å². The third-order valence-corrected chi connectivity index (χ3v) is 4.40. The Kier molecular flexibility index (Phi) is 3.82. The van der Waals surface area contributed by atoms with Crippen LogP contribution in [0.3, 0.4) is 0 Å². The second kappa shape index (κ2) is 5.18. The van der Waals surface area contributed by atoms with Gasteiger partial charge >= 0.3 is 0 Å². The molecule has 2 rings (SSSR count). The van der Waals surface area contributed by atoms with Crippen molar-refractivity contribution in [3.05, 3.63) is 35.6 Å². The van der Waals surface area contributed by atoms with Crippen LogP contribution in [0.1, 0.15) is 44.7 Å². The number of hydrogen-bond acceptors (Lipinski definition) is 1. The minimum absolute atomic E-state index is 0.0607. The van der Waals surface area contributed by atoms with E-state index in [9.17, 15) is 4.39 Å². The van der Waals surface area contributed by atoms with Gasteiger partial charge in [0.2, 0.25) is 0 Å². The highest BCUT2D eigenvalue weighted by Crippen LogP contribution is 2.38. The van der Waals surface area contributed by atoms with E-state index in [1.807, 2.05) is 12.1 Å². The molecule has 4 unspecified atom stereocenters. The molecule has 0 aromatic heterocycles. The molecule has 94 valence electrons. The van der Waals surface area contributed by atoms with Gasteiger partial charge in [0.1, 0.15) is 5.82 Å². The van der Waals surface area contributed by atoms with Gasteiger partial charge in [-0.05, 0) is 48.3 Å². The number of rotatable bonds is 2. The van der Waals surface area contributed by atoms with E-state index in [2.05, 4.69) is 13.8 Å². The lowest BCUT2D eigenvalue weighted by molar-refractivity contribution is 0.186. The lowest BCUT2D eigenvalue weighted by atomic mass is 9.72. The Balaban J connectivity index is 2.05. The molecule has 1 aliphatic carbocycles. The predicted molar refractivity (Wildman–Crippen MR) is 69.0 cm³/mol. The van der Waals surface area contributed by atoms with Gasteiger partial charge in [-0.25, -0.2) is 4.39 Å². The molecule has 1 fully saturated rings. The summed E-state index contributed by atoms with van der Waals surface area (Å²) in [5.74, 6) is 1.92. The normalized spacial score (nSPS) is 31.2. The molecule has 0 amide bonds. The zero-order valence-electron chi connectivity index (χ0n) is 10.7. The van der Waals surface area contributed by atoms with Gasteiger partial charge in [0.25, 0.3) is 0 Å². The highest BCUT2D eigenvalue weighted by molar-refractivity contribution is 5.20. The summed E-state index contributed by atoms with van der Waals surface area (Å²) in [6.07, 6.45) is 3.66. The van der Waals surface area contributed by atoms with Crippen molar-refractivity contribution >= 4 is 0 Å². The third kappa shape index (κ3) is 2.86. The SMILES string of the molecule is CC1CCC(C(N)c2ccc(F)cc2)CC1C. The number of halogens is 1. The van der Waals surface area contributed by atoms with Crippen LogP contribution in [0.2, 0.25) is 0 Å². The van der Waals surface area contributed by atoms with Gasteiger partial charge in [-0.15, -0.1) is 0 Å². The van der Waals surface area contributed by atoms with E-state index >= 15 is 0 Å². The quantitative estimate of drug-likeness (QED) is 0.826. The Bertz CT molecular complexity index is 360. The average Bonchev–Trinajstić information content (AvgIpc) is 2.33. The molecule has 1 saturated carbocycles. The van der Waals surface area contributed by atoms with E-state index in [1.54, 1.807) is 0 Å². The molecule has 0 bridgehead atoms. The van der Waals surface area contributed by atoms with Crippen LogP contribution in [0.5, 0.6) is 0 Å². The second-order valence-corrected chi connectivity index (χ2v) is 5.61. The third-order valence-electron chi connectivity index (χ3n) is 4.40. The molecule has 0 spiro atoms. The largest absolute Gasteiger partial charge is 0.324 e. The van der Waals surface area contributed by atoms with Gasteiger partial charge in [-0.3, -0.25) is 0 Å². The summed E-state index contributed by atoms with van der Waals surface area (Å²) in [4.78, 5) is 0. The van der Waals surface area contributed by atoms with Crippen molar-refractivity contribution in [2.45, 2.75) is 39.2 Å². The average molecular weight is 235 g/mol. The van der Waals surface area contributed by atoms with E-state index in [1.165, 1.54) is 31.4 Å². The lowest BCUT2D eigenvalue weighted by Crippen LogP contribution is -2.29. The molecular weight excluding hydrogens is 213 g/mol. The van der Waals surface area contributed by atoms with Gasteiger partial charge in [-0.2, -0.15) is 0 Å². The lowest BCUT2D eigenvalue weighted by Gasteiger charge is -2.35. The molecular formula is C15H22FN. The topological polar surface area (TPSA) is 26.0 Å². The van der Waals surface area contributed by atoms with Crippen LogP contribution in [0.15, 0.2) is 24.3 Å². The van der Waals surface area contributed by atoms with Crippen LogP contribution in [-0.4, -0.2) is 0 Å². The van der Waals surface area contributed by atoms with Crippen molar-refractivity contribution in [1.29, 1.82) is 0 Å². The van der Waals surface area contributed by atoms with Gasteiger partial charge in [0.05, 0.1) is 0 Å². The molecule has 1 aliphatic rings. The molecule has 2 N–H and O–H groups in total. The maximum atomic E-state index is 12.9. The predicted octanol–water partition coefficient (Wildman–Crippen LogP) is 3.90. The summed E-state index contributed by atoms with van der Waals surface area (Å²) >= 11 is 0. The summed E-state index contributed by atoms with van der Waals surface area (Å²) in [5.41, 5.74) is 7.37. The first-order valence-electron chi connectivity index (χ1n) is 6.59. The molecule has 0 saturated heterocycles. The monoisotopic (exact) mass is 235 g/mol. The Labute approximate surface area is 103 Å². The van der Waals surface area contributed by atoms with Gasteiger partial charge in [-0.1, -0.05) is 32.4 Å². The summed E-state index contributed by atoms with van der Waals surface area (Å²) in [7, 11) is 0. The number of hydrogen-bond donors (Lipinski definition) is 1. The molecule has 4 atom stereocenters. The number of nitrogens with two attached hydrogens (primary N) is 1. The zero-order valence-corrected chi connectivity index (χ0v) is 10.7. The van der Waals surface area contributed by atoms with Crippen molar-refractivity contribution in [3.63, 3.8) is 0 Å². The first-order valence-corrected chi connectivity index (χ1v) is 6.59. The maximum Gasteiger partial charge on any atom is 0.123 e. The molecule has 0 aliphatic heterocycles. The zero-order chi connectivity index (χ0) is 12.4. The molecule has 1 aromatic rings. The van der Waals surface area contributed by atoms with Crippen molar-refractivity contribution in [2.24, 2.45) is 23.5 Å². The van der Waals surface area contributed by atoms with Crippen molar-refractivity contribution < 1.29 is 4.39 Å². The Hall–Kier alpha value is -0.890. The van der Waals surface area contributed by atoms with Crippen molar-refractivity contribution in [2.75, 3.05) is 0 Å². The Morgan fingerprint density at radius 2 is 1.76 bits per heavy atom. The van der Waals surface area contributed by atoms with E-state index < -0.39 is 0 Å². The van der Waals surface area contributed by atoms with E-state index in [0.717, 1.165) is 17.4 Å². The maximum absolute atomic E-state index is 12.9. The fraction of sp³-hybridized carbons (Fsp3) is 0.600. The highest BCUT2D eigenvalue weighted by atomic mass is 19.1. The summed E-state index contributed by atoms with van der Waals surface area (Å²) in [6.45, 7) is 4.64. The van der Waals surface area contributed by atoms with Crippen LogP contribution < -0.4 is 5.73 Å². The Morgan fingerprint density at radius 1 is 1.12 bits per heavy atom. The number of benzene rings is 1. The Morgan fingerprint density at radius 3 is 2.35 bits per heavy atom. The van der Waals surface area contributed by atoms with Gasteiger partial charge in [0, 0.05) is 6.04 Å². The summed E-state index contributed by atoms with van der Waals surface area (Å²) in [6, 6.07) is 6.71. The first-order chi connectivity index (χ1) is 8.08. The molecule has 0 heterocycles. The minimum atomic E-state index is -0.188. The highest BCUT2D eigenvalue weighted by Gasteiger charge is 2.28. The van der Waals surface area contributed by atoms with E-state index in [4.69, 9.17) is 5.73 Å². The summed E-state index contributed by atoms with van der Waals surface area (Å²) in [5, 5.41) is 0. The molecule has 17 heavy (non-hydrogen) atoms. The van der Waals surface area contributed by atoms with Crippen LogP contribution in [0, 0.1) is 23.6 Å². The van der Waals surface area contributed by atoms with E-state index in [0.29, 0.717) is 5.92 Å². The van der Waals surface area contributed by atoms with Crippen LogP contribution in [0.25, 0.3) is 0 Å².